The smallest absolute Gasteiger partial charge is 0.489 e. The number of hydrogen-bond donors (Lipinski definition) is 2. The maximum Gasteiger partial charge on any atom is 0.493 e. The molecule has 9 heteroatoms. The van der Waals surface area contributed by atoms with Crippen molar-refractivity contribution in [2.24, 2.45) is 5.73 Å². The van der Waals surface area contributed by atoms with Crippen LogP contribution >= 0.6 is 0 Å². The first-order valence-corrected chi connectivity index (χ1v) is 7.42. The van der Waals surface area contributed by atoms with Crippen molar-refractivity contribution in [2.45, 2.75) is 19.3 Å². The lowest BCUT2D eigenvalue weighted by Gasteiger charge is -2.21. The zero-order valence-electron chi connectivity index (χ0n) is 13.5. The van der Waals surface area contributed by atoms with Gasteiger partial charge in [0.2, 0.25) is 5.96 Å². The van der Waals surface area contributed by atoms with Crippen LogP contribution in [0.4, 0.5) is 13.2 Å². The quantitative estimate of drug-likeness (QED) is 0.482. The van der Waals surface area contributed by atoms with Gasteiger partial charge in [-0.05, 0) is 23.3 Å². The Kier molecular flexibility index (Phi) is 6.05. The first-order valence-electron chi connectivity index (χ1n) is 7.42. The summed E-state index contributed by atoms with van der Waals surface area (Å²) in [5.41, 5.74) is 6.57. The molecule has 0 aliphatic rings. The number of nitrogens with two attached hydrogens (primary N) is 1. The number of carbonyl (C=O) groups is 1. The monoisotopic (exact) mass is 367 g/mol. The number of carbonyl (C=O) groups excluding carboxylic acids is 1. The molecule has 0 fully saturated rings. The topological polar surface area (TPSA) is 88.6 Å². The van der Waals surface area contributed by atoms with Gasteiger partial charge in [-0.25, -0.2) is 4.79 Å². The highest BCUT2D eigenvalue weighted by molar-refractivity contribution is 5.79. The Morgan fingerprint density at radius 2 is 1.73 bits per heavy atom. The fraction of sp³-hybridized carbons (Fsp3) is 0.176. The molecule has 2 aromatic rings. The van der Waals surface area contributed by atoms with Gasteiger partial charge in [-0.1, -0.05) is 42.5 Å². The van der Waals surface area contributed by atoms with E-state index in [1.807, 2.05) is 30.3 Å². The van der Waals surface area contributed by atoms with Crippen molar-refractivity contribution >= 4 is 11.9 Å². The van der Waals surface area contributed by atoms with Gasteiger partial charge in [-0.15, -0.1) is 0 Å². The minimum Gasteiger partial charge on any atom is -0.489 e. The van der Waals surface area contributed by atoms with Gasteiger partial charge in [-0.3, -0.25) is 5.41 Å². The van der Waals surface area contributed by atoms with Crippen molar-refractivity contribution in [3.63, 3.8) is 0 Å². The molecule has 6 nitrogen and oxygen atoms in total. The number of alkyl halides is 3. The summed E-state index contributed by atoms with van der Waals surface area (Å²) in [6, 6.07) is 15.8. The van der Waals surface area contributed by atoms with Crippen molar-refractivity contribution in [1.82, 2.24) is 5.06 Å². The number of rotatable bonds is 5. The number of guanidine groups is 1. The predicted molar refractivity (Wildman–Crippen MR) is 86.8 cm³/mol. The molecule has 0 aliphatic carbocycles. The first-order chi connectivity index (χ1) is 12.3. The molecular formula is C17H16F3N3O3. The lowest BCUT2D eigenvalue weighted by molar-refractivity contribution is -0.227. The van der Waals surface area contributed by atoms with Crippen molar-refractivity contribution in [3.8, 4) is 5.75 Å². The predicted octanol–water partition coefficient (Wildman–Crippen LogP) is 2.98. The van der Waals surface area contributed by atoms with E-state index < -0.39 is 18.1 Å². The van der Waals surface area contributed by atoms with E-state index in [0.29, 0.717) is 23.0 Å². The summed E-state index contributed by atoms with van der Waals surface area (Å²) in [6.07, 6.45) is -5.19. The lowest BCUT2D eigenvalue weighted by atomic mass is 10.2. The van der Waals surface area contributed by atoms with E-state index in [2.05, 4.69) is 4.84 Å². The van der Waals surface area contributed by atoms with Crippen LogP contribution in [0, 0.1) is 5.41 Å². The molecule has 0 atom stereocenters. The van der Waals surface area contributed by atoms with Gasteiger partial charge in [0.25, 0.3) is 0 Å². The van der Waals surface area contributed by atoms with E-state index in [-0.39, 0.29) is 6.54 Å². The van der Waals surface area contributed by atoms with Crippen LogP contribution in [0.1, 0.15) is 11.1 Å². The second-order valence-corrected chi connectivity index (χ2v) is 5.22. The Morgan fingerprint density at radius 3 is 2.35 bits per heavy atom. The average molecular weight is 367 g/mol. The fourth-order valence-corrected chi connectivity index (χ4v) is 1.96. The maximum atomic E-state index is 12.3. The van der Waals surface area contributed by atoms with Gasteiger partial charge >= 0.3 is 12.1 Å². The third-order valence-corrected chi connectivity index (χ3v) is 3.17. The van der Waals surface area contributed by atoms with Gasteiger partial charge in [0.15, 0.2) is 0 Å². The molecule has 0 radical (unpaired) electrons. The standard InChI is InChI=1S/C17H16F3N3O3/c18-17(19,20)15(24)26-23(16(21)22)10-13-7-4-8-14(9-13)25-11-12-5-2-1-3-6-12/h1-9H,10-11H2,(H3,21,22). The second-order valence-electron chi connectivity index (χ2n) is 5.22. The SMILES string of the molecule is N=C(N)N(Cc1cccc(OCc2ccccc2)c1)OC(=O)C(F)(F)F. The summed E-state index contributed by atoms with van der Waals surface area (Å²) < 4.78 is 42.5. The van der Waals surface area contributed by atoms with Gasteiger partial charge in [0, 0.05) is 0 Å². The van der Waals surface area contributed by atoms with Gasteiger partial charge < -0.3 is 15.3 Å². The van der Waals surface area contributed by atoms with Crippen LogP contribution < -0.4 is 10.5 Å². The van der Waals surface area contributed by atoms with Crippen LogP contribution in [0.15, 0.2) is 54.6 Å². The lowest BCUT2D eigenvalue weighted by Crippen LogP contribution is -2.41. The average Bonchev–Trinajstić information content (AvgIpc) is 2.59. The van der Waals surface area contributed by atoms with Gasteiger partial charge in [0.1, 0.15) is 12.4 Å². The van der Waals surface area contributed by atoms with E-state index >= 15 is 0 Å². The van der Waals surface area contributed by atoms with Crippen molar-refractivity contribution in [3.05, 3.63) is 65.7 Å². The molecule has 26 heavy (non-hydrogen) atoms. The summed E-state index contributed by atoms with van der Waals surface area (Å²) in [5, 5.41) is 7.63. The third-order valence-electron chi connectivity index (χ3n) is 3.17. The number of ether oxygens (including phenoxy) is 1. The molecule has 0 bridgehead atoms. The Balaban J connectivity index is 2.03. The van der Waals surface area contributed by atoms with Crippen molar-refractivity contribution in [2.75, 3.05) is 0 Å². The molecule has 0 saturated heterocycles. The zero-order chi connectivity index (χ0) is 19.2. The van der Waals surface area contributed by atoms with E-state index in [1.54, 1.807) is 24.3 Å². The number of halogens is 3. The highest BCUT2D eigenvalue weighted by Crippen LogP contribution is 2.20. The molecule has 0 aliphatic heterocycles. The zero-order valence-corrected chi connectivity index (χ0v) is 13.5. The van der Waals surface area contributed by atoms with Crippen LogP contribution in [0.3, 0.4) is 0 Å². The summed E-state index contributed by atoms with van der Waals surface area (Å²) >= 11 is 0. The molecule has 2 rings (SSSR count). The summed E-state index contributed by atoms with van der Waals surface area (Å²) in [7, 11) is 0. The highest BCUT2D eigenvalue weighted by atomic mass is 19.4. The molecule has 0 unspecified atom stereocenters. The Morgan fingerprint density at radius 1 is 1.08 bits per heavy atom. The largest absolute Gasteiger partial charge is 0.493 e. The van der Waals surface area contributed by atoms with Crippen molar-refractivity contribution in [1.29, 1.82) is 5.41 Å². The van der Waals surface area contributed by atoms with Gasteiger partial charge in [0.05, 0.1) is 6.54 Å². The molecule has 0 amide bonds. The Bertz CT molecular complexity index is 767. The van der Waals surface area contributed by atoms with E-state index in [1.165, 1.54) is 0 Å². The molecule has 0 heterocycles. The minimum absolute atomic E-state index is 0.309. The molecule has 2 aromatic carbocycles. The van der Waals surface area contributed by atoms with E-state index in [9.17, 15) is 18.0 Å². The highest BCUT2D eigenvalue weighted by Gasteiger charge is 2.43. The van der Waals surface area contributed by atoms with Crippen LogP contribution in [0.2, 0.25) is 0 Å². The number of benzene rings is 2. The molecule has 3 N–H and O–H groups in total. The van der Waals surface area contributed by atoms with Crippen molar-refractivity contribution < 1.29 is 27.5 Å². The van der Waals surface area contributed by atoms with E-state index in [0.717, 1.165) is 5.56 Å². The van der Waals surface area contributed by atoms with Crippen LogP contribution in [0.5, 0.6) is 5.75 Å². The summed E-state index contributed by atoms with van der Waals surface area (Å²) in [5.74, 6) is -2.82. The Labute approximate surface area is 147 Å². The van der Waals surface area contributed by atoms with E-state index in [4.69, 9.17) is 15.9 Å². The van der Waals surface area contributed by atoms with Crippen LogP contribution in [-0.4, -0.2) is 23.2 Å². The maximum absolute atomic E-state index is 12.3. The molecule has 0 aromatic heterocycles. The molecule has 138 valence electrons. The molecule has 0 spiro atoms. The first kappa shape index (κ1) is 19.1. The summed E-state index contributed by atoms with van der Waals surface area (Å²) in [6.45, 7) is -0.0243. The fourth-order valence-electron chi connectivity index (χ4n) is 1.96. The van der Waals surface area contributed by atoms with Crippen LogP contribution in [-0.2, 0) is 22.8 Å². The third kappa shape index (κ3) is 5.69. The normalized spacial score (nSPS) is 10.9. The molecule has 0 saturated carbocycles. The second kappa shape index (κ2) is 8.24. The number of hydroxylamine groups is 2. The van der Waals surface area contributed by atoms with Crippen LogP contribution in [0.25, 0.3) is 0 Å². The summed E-state index contributed by atoms with van der Waals surface area (Å²) in [4.78, 5) is 15.1. The number of nitrogens with zero attached hydrogens (tertiary/aromatic N) is 1. The molecular weight excluding hydrogens is 351 g/mol. The number of hydrogen-bond acceptors (Lipinski definition) is 4. The Hall–Kier alpha value is -3.23. The number of nitrogens with one attached hydrogen (secondary N) is 1. The minimum atomic E-state index is -5.19. The van der Waals surface area contributed by atoms with Gasteiger partial charge in [-0.2, -0.15) is 18.2 Å².